The van der Waals surface area contributed by atoms with Crippen LogP contribution in [0.2, 0.25) is 5.02 Å². The van der Waals surface area contributed by atoms with E-state index in [1.807, 2.05) is 50.5 Å². The molecule has 0 aromatic heterocycles. The van der Waals surface area contributed by atoms with Crippen molar-refractivity contribution < 1.29 is 9.47 Å². The van der Waals surface area contributed by atoms with Crippen molar-refractivity contribution in [3.8, 4) is 11.5 Å². The molecule has 31 heavy (non-hydrogen) atoms. The largest absolute Gasteiger partial charge is 0.497 e. The average Bonchev–Trinajstić information content (AvgIpc) is 3.25. The fraction of sp³-hybridized carbons (Fsp3) is 0.240. The lowest BCUT2D eigenvalue weighted by Gasteiger charge is -2.38. The Morgan fingerprint density at radius 3 is 2.61 bits per heavy atom. The molecule has 2 unspecified atom stereocenters. The lowest BCUT2D eigenvalue weighted by atomic mass is 9.96. The van der Waals surface area contributed by atoms with Crippen molar-refractivity contribution in [2.75, 3.05) is 26.1 Å². The van der Waals surface area contributed by atoms with Gasteiger partial charge in [0.2, 0.25) is 6.23 Å². The maximum Gasteiger partial charge on any atom is 0.213 e. The number of benzene rings is 3. The molecule has 0 bridgehead atoms. The van der Waals surface area contributed by atoms with Crippen molar-refractivity contribution in [2.45, 2.75) is 18.7 Å². The molecule has 0 aliphatic carbocycles. The number of halogens is 1. The van der Waals surface area contributed by atoms with Crippen LogP contribution in [-0.2, 0) is 0 Å². The summed E-state index contributed by atoms with van der Waals surface area (Å²) in [5.41, 5.74) is 5.33. The van der Waals surface area contributed by atoms with E-state index in [0.29, 0.717) is 5.02 Å². The van der Waals surface area contributed by atoms with Gasteiger partial charge in [0.25, 0.3) is 0 Å². The van der Waals surface area contributed by atoms with Gasteiger partial charge in [-0.25, -0.2) is 5.01 Å². The minimum absolute atomic E-state index is 0.0576. The second-order valence-electron chi connectivity index (χ2n) is 8.02. The Balaban J connectivity index is 1.57. The molecule has 2 aliphatic rings. The molecular weight excluding hydrogens is 410 g/mol. The van der Waals surface area contributed by atoms with E-state index < -0.39 is 0 Å². The van der Waals surface area contributed by atoms with Gasteiger partial charge in [0, 0.05) is 47.9 Å². The van der Waals surface area contributed by atoms with E-state index in [1.54, 1.807) is 7.11 Å². The van der Waals surface area contributed by atoms with Crippen LogP contribution in [0.4, 0.5) is 5.69 Å². The molecule has 0 N–H and O–H groups in total. The van der Waals surface area contributed by atoms with Crippen molar-refractivity contribution in [1.29, 1.82) is 0 Å². The first-order valence-electron chi connectivity index (χ1n) is 10.3. The predicted octanol–water partition coefficient (Wildman–Crippen LogP) is 5.66. The first kappa shape index (κ1) is 19.8. The van der Waals surface area contributed by atoms with Crippen molar-refractivity contribution in [3.05, 3.63) is 88.4 Å². The van der Waals surface area contributed by atoms with Gasteiger partial charge in [0.05, 0.1) is 18.9 Å². The van der Waals surface area contributed by atoms with Crippen LogP contribution in [0.25, 0.3) is 0 Å². The molecule has 0 radical (unpaired) electrons. The summed E-state index contributed by atoms with van der Waals surface area (Å²) in [5, 5.41) is 7.78. The molecule has 3 aromatic carbocycles. The highest BCUT2D eigenvalue weighted by atomic mass is 35.5. The van der Waals surface area contributed by atoms with Crippen LogP contribution in [0, 0.1) is 0 Å². The quantitative estimate of drug-likeness (QED) is 0.532. The Hall–Kier alpha value is -3.18. The summed E-state index contributed by atoms with van der Waals surface area (Å²) in [6, 6.07) is 22.3. The summed E-state index contributed by atoms with van der Waals surface area (Å²) in [6.45, 7) is 0. The normalized spacial score (nSPS) is 19.2. The highest BCUT2D eigenvalue weighted by molar-refractivity contribution is 6.30. The second kappa shape index (κ2) is 7.82. The fourth-order valence-electron chi connectivity index (χ4n) is 4.19. The summed E-state index contributed by atoms with van der Waals surface area (Å²) < 4.78 is 11.8. The van der Waals surface area contributed by atoms with Crippen LogP contribution in [-0.4, -0.2) is 31.9 Å². The number of anilines is 1. The molecule has 2 atom stereocenters. The zero-order valence-corrected chi connectivity index (χ0v) is 18.5. The third kappa shape index (κ3) is 3.59. The molecular formula is C25H24ClN3O2. The first-order valence-corrected chi connectivity index (χ1v) is 10.6. The number of hydrogen-bond donors (Lipinski definition) is 0. The Morgan fingerprint density at radius 1 is 1.06 bits per heavy atom. The Bertz CT molecular complexity index is 1140. The second-order valence-corrected chi connectivity index (χ2v) is 8.45. The van der Waals surface area contributed by atoms with Gasteiger partial charge in [0.1, 0.15) is 11.5 Å². The summed E-state index contributed by atoms with van der Waals surface area (Å²) in [5.74, 6) is 1.68. The molecule has 0 amide bonds. The molecule has 158 valence electrons. The summed E-state index contributed by atoms with van der Waals surface area (Å²) in [4.78, 5) is 2.08. The zero-order chi connectivity index (χ0) is 21.5. The smallest absolute Gasteiger partial charge is 0.213 e. The molecule has 0 spiro atoms. The van der Waals surface area contributed by atoms with Gasteiger partial charge in [-0.3, -0.25) is 0 Å². The van der Waals surface area contributed by atoms with E-state index in [-0.39, 0.29) is 12.3 Å². The number of rotatable bonds is 4. The van der Waals surface area contributed by atoms with Crippen LogP contribution in [0.3, 0.4) is 0 Å². The topological polar surface area (TPSA) is 37.3 Å². The Kier molecular flexibility index (Phi) is 4.98. The molecule has 6 heteroatoms. The van der Waals surface area contributed by atoms with Crippen molar-refractivity contribution in [2.24, 2.45) is 5.10 Å². The number of hydrogen-bond acceptors (Lipinski definition) is 5. The maximum absolute atomic E-state index is 6.44. The molecule has 5 nitrogen and oxygen atoms in total. The van der Waals surface area contributed by atoms with Crippen molar-refractivity contribution >= 4 is 23.0 Å². The van der Waals surface area contributed by atoms with Crippen LogP contribution < -0.4 is 14.4 Å². The fourth-order valence-corrected chi connectivity index (χ4v) is 4.37. The molecule has 0 fully saturated rings. The van der Waals surface area contributed by atoms with E-state index in [2.05, 4.69) is 40.2 Å². The van der Waals surface area contributed by atoms with Crippen LogP contribution >= 0.6 is 11.6 Å². The predicted molar refractivity (Wildman–Crippen MR) is 124 cm³/mol. The minimum Gasteiger partial charge on any atom is -0.497 e. The molecule has 5 rings (SSSR count). The van der Waals surface area contributed by atoms with Gasteiger partial charge >= 0.3 is 0 Å². The first-order chi connectivity index (χ1) is 15.0. The van der Waals surface area contributed by atoms with Crippen molar-refractivity contribution in [3.63, 3.8) is 0 Å². The number of methoxy groups -OCH3 is 1. The lowest BCUT2D eigenvalue weighted by Crippen LogP contribution is -2.33. The number of nitrogens with zero attached hydrogens (tertiary/aromatic N) is 3. The van der Waals surface area contributed by atoms with Gasteiger partial charge in [-0.1, -0.05) is 35.9 Å². The minimum atomic E-state index is -0.307. The maximum atomic E-state index is 6.44. The summed E-state index contributed by atoms with van der Waals surface area (Å²) in [7, 11) is 5.75. The third-order valence-corrected chi connectivity index (χ3v) is 6.08. The van der Waals surface area contributed by atoms with Gasteiger partial charge in [-0.2, -0.15) is 5.10 Å². The number of fused-ring (bicyclic) bond motifs is 3. The average molecular weight is 434 g/mol. The Labute approximate surface area is 187 Å². The van der Waals surface area contributed by atoms with Crippen molar-refractivity contribution in [1.82, 2.24) is 5.01 Å². The van der Waals surface area contributed by atoms with Gasteiger partial charge in [-0.15, -0.1) is 0 Å². The van der Waals surface area contributed by atoms with Crippen LogP contribution in [0.1, 0.15) is 35.4 Å². The molecule has 0 saturated heterocycles. The monoisotopic (exact) mass is 433 g/mol. The highest BCUT2D eigenvalue weighted by Crippen LogP contribution is 2.48. The van der Waals surface area contributed by atoms with E-state index in [0.717, 1.165) is 46.0 Å². The van der Waals surface area contributed by atoms with Gasteiger partial charge in [-0.05, 0) is 42.5 Å². The number of hydrazone groups is 1. The van der Waals surface area contributed by atoms with E-state index in [9.17, 15) is 0 Å². The van der Waals surface area contributed by atoms with Gasteiger partial charge in [0.15, 0.2) is 0 Å². The SMILES string of the molecule is COc1cccc(C2=NN3C(C2)c2cc(Cl)ccc2OC3c2ccc(N(C)C)cc2)c1. The van der Waals surface area contributed by atoms with Gasteiger partial charge < -0.3 is 14.4 Å². The third-order valence-electron chi connectivity index (χ3n) is 5.85. The van der Waals surface area contributed by atoms with E-state index >= 15 is 0 Å². The van der Waals surface area contributed by atoms with Crippen LogP contribution in [0.5, 0.6) is 11.5 Å². The number of ether oxygens (including phenoxy) is 2. The summed E-state index contributed by atoms with van der Waals surface area (Å²) in [6.07, 6.45) is 0.467. The lowest BCUT2D eigenvalue weighted by molar-refractivity contribution is -0.0190. The molecule has 3 aromatic rings. The van der Waals surface area contributed by atoms with Crippen LogP contribution in [0.15, 0.2) is 71.8 Å². The standard InChI is InChI=1S/C25H24ClN3O2/c1-28(2)19-10-7-16(8-11-19)25-29-23(21-14-18(26)9-12-24(21)31-25)15-22(27-29)17-5-4-6-20(13-17)30-3/h4-14,23,25H,15H2,1-3H3. The van der Waals surface area contributed by atoms with E-state index in [4.69, 9.17) is 26.2 Å². The van der Waals surface area contributed by atoms with E-state index in [1.165, 1.54) is 0 Å². The molecule has 2 aliphatic heterocycles. The molecule has 2 heterocycles. The highest BCUT2D eigenvalue weighted by Gasteiger charge is 2.41. The zero-order valence-electron chi connectivity index (χ0n) is 17.7. The molecule has 0 saturated carbocycles. The summed E-state index contributed by atoms with van der Waals surface area (Å²) >= 11 is 6.33. The Morgan fingerprint density at radius 2 is 1.87 bits per heavy atom.